The molecule has 4 aromatic carbocycles. The van der Waals surface area contributed by atoms with Crippen molar-refractivity contribution in [3.63, 3.8) is 0 Å². The number of hydrogen-bond donors (Lipinski definition) is 6. The number of aromatic nitrogens is 1. The Balaban J connectivity index is 0.640. The summed E-state index contributed by atoms with van der Waals surface area (Å²) in [5.74, 6) is -2.29. The second-order valence-electron chi connectivity index (χ2n) is 31.8. The molecule has 3 saturated heterocycles. The summed E-state index contributed by atoms with van der Waals surface area (Å²) < 4.78 is 128. The quantitative estimate of drug-likeness (QED) is 0.0108. The van der Waals surface area contributed by atoms with Crippen LogP contribution in [0.25, 0.3) is 10.4 Å². The number of nitrogens with one attached hydrogen (secondary N) is 5. The smallest absolute Gasteiger partial charge is 0.391 e. The van der Waals surface area contributed by atoms with Gasteiger partial charge in [-0.2, -0.15) is 13.2 Å². The minimum Gasteiger partial charge on any atom is -0.391 e. The van der Waals surface area contributed by atoms with Crippen molar-refractivity contribution in [2.45, 2.75) is 201 Å². The summed E-state index contributed by atoms with van der Waals surface area (Å²) >= 11 is 2.92. The molecule has 6 N–H and O–H groups in total. The van der Waals surface area contributed by atoms with Gasteiger partial charge in [-0.05, 0) is 160 Å². The maximum atomic E-state index is 14.6. The van der Waals surface area contributed by atoms with Gasteiger partial charge in [-0.1, -0.05) is 94.7 Å². The second-order valence-corrected chi connectivity index (χ2v) is 37.3. The molecule has 12 rings (SSSR count). The van der Waals surface area contributed by atoms with Gasteiger partial charge in [-0.15, -0.1) is 23.1 Å². The number of amides is 5. The van der Waals surface area contributed by atoms with Gasteiger partial charge in [-0.3, -0.25) is 28.9 Å². The summed E-state index contributed by atoms with van der Waals surface area (Å²) in [5.41, 5.74) is 0.253. The van der Waals surface area contributed by atoms with Gasteiger partial charge in [0, 0.05) is 118 Å². The summed E-state index contributed by atoms with van der Waals surface area (Å²) in [6, 6.07) is 22.3. The van der Waals surface area contributed by atoms with Crippen LogP contribution < -0.4 is 30.9 Å². The fourth-order valence-electron chi connectivity index (χ4n) is 16.0. The molecule has 2 bridgehead atoms. The highest BCUT2D eigenvalue weighted by Crippen LogP contribution is 2.79. The number of anilines is 2. The molecule has 29 heteroatoms. The van der Waals surface area contributed by atoms with Crippen molar-refractivity contribution in [2.75, 3.05) is 74.9 Å². The number of sulfone groups is 1. The van der Waals surface area contributed by atoms with Gasteiger partial charge >= 0.3 is 5.51 Å². The number of hydrogen-bond acceptors (Lipinski definition) is 17. The van der Waals surface area contributed by atoms with Gasteiger partial charge in [0.1, 0.15) is 17.0 Å². The molecule has 6 atom stereocenters. The fourth-order valence-corrected chi connectivity index (χ4v) is 19.9. The lowest BCUT2D eigenvalue weighted by Gasteiger charge is -2.72. The molecule has 5 amide bonds. The number of piperazine rings is 1. The average Bonchev–Trinajstić information content (AvgIpc) is 0.731. The number of likely N-dealkylation sites (tertiary alicyclic amines) is 2. The van der Waals surface area contributed by atoms with Crippen molar-refractivity contribution in [3.05, 3.63) is 131 Å². The highest BCUT2D eigenvalue weighted by atomic mass is 32.2. The van der Waals surface area contributed by atoms with Crippen molar-refractivity contribution in [2.24, 2.45) is 21.7 Å². The number of carbonyl (C=O) groups is 5. The molecule has 576 valence electrons. The molecule has 1 aromatic heterocycles. The second kappa shape index (κ2) is 32.7. The maximum absolute atomic E-state index is 14.6. The molecule has 3 aliphatic heterocycles. The van der Waals surface area contributed by atoms with Crippen molar-refractivity contribution < 1.29 is 67.9 Å². The molecule has 3 saturated carbocycles. The van der Waals surface area contributed by atoms with Gasteiger partial charge in [0.2, 0.25) is 30.1 Å². The molecule has 4 aliphatic carbocycles. The third-order valence-corrected chi connectivity index (χ3v) is 27.1. The largest absolute Gasteiger partial charge is 0.501 e. The molecule has 106 heavy (non-hydrogen) atoms. The van der Waals surface area contributed by atoms with E-state index in [4.69, 9.17) is 0 Å². The van der Waals surface area contributed by atoms with Crippen molar-refractivity contribution in [1.29, 1.82) is 0 Å². The molecule has 4 heterocycles. The van der Waals surface area contributed by atoms with Crippen LogP contribution in [-0.4, -0.2) is 178 Å². The summed E-state index contributed by atoms with van der Waals surface area (Å²) in [6.45, 7) is 18.7. The Kier molecular flexibility index (Phi) is 24.6. The summed E-state index contributed by atoms with van der Waals surface area (Å²) in [5, 5.41) is 22.8. The predicted molar refractivity (Wildman–Crippen MR) is 400 cm³/mol. The monoisotopic (exact) mass is 1550 g/mol. The molecular weight excluding hydrogens is 1450 g/mol. The molecule has 7 aliphatic rings. The maximum Gasteiger partial charge on any atom is 0.501 e. The highest BCUT2D eigenvalue weighted by molar-refractivity contribution is 7.99. The first-order chi connectivity index (χ1) is 50.0. The molecule has 6 fully saturated rings. The van der Waals surface area contributed by atoms with E-state index >= 15 is 0 Å². The molecule has 0 spiro atoms. The summed E-state index contributed by atoms with van der Waals surface area (Å²) in [6.07, 6.45) is 4.07. The van der Waals surface area contributed by atoms with Crippen molar-refractivity contribution >= 4 is 83.9 Å². The molecule has 20 nitrogen and oxygen atoms in total. The first-order valence-electron chi connectivity index (χ1n) is 36.7. The minimum absolute atomic E-state index is 0.0420. The topological polar surface area (TPSA) is 260 Å². The third-order valence-electron chi connectivity index (χ3n) is 22.1. The molecule has 0 radical (unpaired) electrons. The number of sulfonamides is 1. The third kappa shape index (κ3) is 18.8. The van der Waals surface area contributed by atoms with Crippen molar-refractivity contribution in [3.8, 4) is 10.4 Å². The number of carbonyl (C=O) groups excluding carboxylic acids is 5. The Morgan fingerprint density at radius 2 is 1.49 bits per heavy atom. The van der Waals surface area contributed by atoms with E-state index in [1.807, 2.05) is 93.9 Å². The lowest BCUT2D eigenvalue weighted by atomic mass is 9.32. The van der Waals surface area contributed by atoms with Gasteiger partial charge in [0.25, 0.3) is 25.8 Å². The summed E-state index contributed by atoms with van der Waals surface area (Å²) in [7, 11) is -11.2. The zero-order valence-electron chi connectivity index (χ0n) is 61.2. The Labute approximate surface area is 627 Å². The van der Waals surface area contributed by atoms with E-state index in [1.165, 1.54) is 39.9 Å². The average molecular weight is 1550 g/mol. The number of rotatable bonds is 30. The van der Waals surface area contributed by atoms with Crippen molar-refractivity contribution in [1.82, 2.24) is 40.4 Å². The Morgan fingerprint density at radius 3 is 2.13 bits per heavy atom. The number of nitrogens with zero attached hydrogens (tertiary/aromatic N) is 5. The van der Waals surface area contributed by atoms with E-state index in [1.54, 1.807) is 29.0 Å². The molecular formula is C77H99F5N10O10S4. The number of aliphatic hydroxyl groups excluding tert-OH is 1. The van der Waals surface area contributed by atoms with E-state index in [9.17, 15) is 67.9 Å². The summed E-state index contributed by atoms with van der Waals surface area (Å²) in [4.78, 5) is 80.4. The van der Waals surface area contributed by atoms with E-state index < -0.39 is 106 Å². The number of halogens is 5. The van der Waals surface area contributed by atoms with E-state index in [0.717, 1.165) is 83.3 Å². The number of alkyl halides is 5. The standard InChI is InChI=1S/C77H99F5N10O10S4/c1-49(51-18-20-52(21-19-51)67-50(2)83-48-104-67)84-70(97)63-38-58(93)43-92(63)71(98)68(73(3,4)5)87-66(95)17-13-9-12-16-65(94)86-55-29-32-89(42-55)33-30-56(44-103-59-14-10-8-11-15-59)85-62-27-26-60(39-64(62)105(99,100)77(80,81)82)106(101,102)88-69(96)53-22-24-57(25-23-53)91-36-34-90(35-37-91)41-54-28-31-74(6,7)40-61(54)75-45-76(46-75,47-75)72(78)79/h8,10-11,14-15,18-27,39,48-49,55-56,58,63,68,72,85,93H,9,12-13,16-17,28-38,40-47H2,1-7H3,(H,84,97)(H,86,94)(H,87,95)(H,88,96)/t49-,55+,56+,58+,63-,68+,75?,76?/m0/s1. The normalized spacial score (nSPS) is 23.0. The van der Waals surface area contributed by atoms with Gasteiger partial charge in [0.15, 0.2) is 0 Å². The number of thioether (sulfide) groups is 1. The van der Waals surface area contributed by atoms with Crippen LogP contribution in [0.1, 0.15) is 159 Å². The Bertz CT molecular complexity index is 4240. The van der Waals surface area contributed by atoms with Crippen LogP contribution in [0.2, 0.25) is 0 Å². The number of allylic oxidation sites excluding steroid dienone is 1. The molecule has 0 unspecified atom stereocenters. The zero-order valence-corrected chi connectivity index (χ0v) is 64.5. The van der Waals surface area contributed by atoms with Crippen LogP contribution in [0.5, 0.6) is 0 Å². The number of benzene rings is 4. The van der Waals surface area contributed by atoms with Crippen LogP contribution in [-0.2, 0) is 39.0 Å². The van der Waals surface area contributed by atoms with Crippen LogP contribution in [0, 0.1) is 28.6 Å². The predicted octanol–water partition coefficient (Wildman–Crippen LogP) is 12.1. The Hall–Kier alpha value is -7.02. The number of aryl methyl sites for hydroxylation is 1. The van der Waals surface area contributed by atoms with E-state index in [2.05, 4.69) is 54.8 Å². The number of aliphatic hydroxyl groups is 1. The van der Waals surface area contributed by atoms with E-state index in [-0.39, 0.29) is 72.2 Å². The minimum atomic E-state index is -6.20. The first kappa shape index (κ1) is 80.0. The SMILES string of the molecule is Cc1ncsc1-c1ccc([C@H](C)NC(=O)[C@@H]2C[C@@H](O)CN2C(=O)[C@@H](NC(=O)CCCCCC(=O)N[C@@H]2CCN(CC[C@H](CSc3ccccc3)Nc3ccc(S(=O)(=O)NC(=O)c4ccc(N5CCN(CC6=C(C78CC(C(F)F)(C7)C8)CC(C)(C)CC6)CC5)cc4)cc3S(=O)(=O)C(F)(F)F)C2)C(C)(C)C)cc1. The van der Waals surface area contributed by atoms with Crippen LogP contribution in [0.3, 0.4) is 0 Å². The Morgan fingerprint density at radius 1 is 0.811 bits per heavy atom. The first-order valence-corrected chi connectivity index (χ1v) is 41.5. The lowest BCUT2D eigenvalue weighted by molar-refractivity contribution is -0.250. The van der Waals surface area contributed by atoms with Gasteiger partial charge < -0.3 is 41.1 Å². The molecule has 5 aromatic rings. The lowest BCUT2D eigenvalue weighted by Crippen LogP contribution is -2.66. The highest BCUT2D eigenvalue weighted by Gasteiger charge is 2.73. The van der Waals surface area contributed by atoms with Gasteiger partial charge in [0.05, 0.1) is 38.8 Å². The zero-order chi connectivity index (χ0) is 76.3. The fraction of sp³-hybridized carbons (Fsp3) is 0.558. The number of β-amino-alcohol motifs (C(OH)–C–C–N with tert-alkyl or cyclic N) is 1. The van der Waals surface area contributed by atoms with Crippen LogP contribution >= 0.6 is 23.1 Å². The van der Waals surface area contributed by atoms with Gasteiger partial charge in [-0.25, -0.2) is 35.3 Å². The van der Waals surface area contributed by atoms with Crippen LogP contribution in [0.15, 0.2) is 128 Å². The number of unbranched alkanes of at least 4 members (excludes halogenated alkanes) is 2. The van der Waals surface area contributed by atoms with E-state index in [0.29, 0.717) is 83.7 Å². The van der Waals surface area contributed by atoms with Crippen LogP contribution in [0.4, 0.5) is 33.3 Å². The number of thiazole rings is 1.